The van der Waals surface area contributed by atoms with E-state index >= 15 is 0 Å². The Kier molecular flexibility index (Phi) is 9.55. The molecule has 1 aromatic carbocycles. The van der Waals surface area contributed by atoms with Crippen molar-refractivity contribution < 1.29 is 9.47 Å². The molecule has 0 radical (unpaired) electrons. The van der Waals surface area contributed by atoms with Gasteiger partial charge in [0.25, 0.3) is 0 Å². The second-order valence-corrected chi connectivity index (χ2v) is 6.32. The summed E-state index contributed by atoms with van der Waals surface area (Å²) < 4.78 is 11.9. The molecular formula is C17H29NO2S. The Labute approximate surface area is 134 Å². The van der Waals surface area contributed by atoms with E-state index < -0.39 is 0 Å². The van der Waals surface area contributed by atoms with E-state index in [-0.39, 0.29) is 6.10 Å². The first-order chi connectivity index (χ1) is 10.2. The lowest BCUT2D eigenvalue weighted by molar-refractivity contribution is -0.0263. The molecule has 4 heteroatoms. The number of hydrogen-bond donors (Lipinski definition) is 0. The molecule has 21 heavy (non-hydrogen) atoms. The van der Waals surface area contributed by atoms with Gasteiger partial charge in [0.1, 0.15) is 18.5 Å². The van der Waals surface area contributed by atoms with Gasteiger partial charge in [-0.15, -0.1) is 0 Å². The summed E-state index contributed by atoms with van der Waals surface area (Å²) in [4.78, 5) is 2.27. The Morgan fingerprint density at radius 3 is 2.33 bits per heavy atom. The van der Waals surface area contributed by atoms with Gasteiger partial charge in [-0.05, 0) is 37.9 Å². The lowest BCUT2D eigenvalue weighted by atomic mass is 10.2. The highest BCUT2D eigenvalue weighted by Gasteiger charge is 2.12. The zero-order valence-corrected chi connectivity index (χ0v) is 14.6. The van der Waals surface area contributed by atoms with Crippen LogP contribution < -0.4 is 4.74 Å². The van der Waals surface area contributed by atoms with Crippen molar-refractivity contribution in [2.75, 3.05) is 37.9 Å². The van der Waals surface area contributed by atoms with E-state index in [2.05, 4.69) is 44.7 Å². The summed E-state index contributed by atoms with van der Waals surface area (Å²) in [7, 11) is 0. The number of thioether (sulfide) groups is 1. The number of rotatable bonds is 11. The summed E-state index contributed by atoms with van der Waals surface area (Å²) in [5.74, 6) is 3.00. The lowest BCUT2D eigenvalue weighted by Crippen LogP contribution is -2.33. The predicted molar refractivity (Wildman–Crippen MR) is 92.3 cm³/mol. The van der Waals surface area contributed by atoms with Gasteiger partial charge in [-0.2, -0.15) is 11.8 Å². The second-order valence-electron chi connectivity index (χ2n) is 5.00. The highest BCUT2D eigenvalue weighted by atomic mass is 32.2. The minimum absolute atomic E-state index is 0.136. The first-order valence-corrected chi connectivity index (χ1v) is 8.96. The highest BCUT2D eigenvalue weighted by molar-refractivity contribution is 7.99. The first kappa shape index (κ1) is 18.3. The van der Waals surface area contributed by atoms with E-state index in [1.807, 2.05) is 23.9 Å². The molecule has 0 saturated heterocycles. The van der Waals surface area contributed by atoms with Crippen LogP contribution in [0.2, 0.25) is 0 Å². The van der Waals surface area contributed by atoms with E-state index in [0.717, 1.165) is 30.3 Å². The summed E-state index contributed by atoms with van der Waals surface area (Å²) in [5, 5.41) is 0. The molecule has 1 rings (SSSR count). The third-order valence-corrected chi connectivity index (χ3v) is 4.37. The van der Waals surface area contributed by atoms with Crippen molar-refractivity contribution in [1.82, 2.24) is 4.90 Å². The van der Waals surface area contributed by atoms with Crippen LogP contribution >= 0.6 is 11.8 Å². The molecule has 3 nitrogen and oxygen atoms in total. The van der Waals surface area contributed by atoms with Crippen LogP contribution in [0.5, 0.6) is 5.75 Å². The summed E-state index contributed by atoms with van der Waals surface area (Å²) in [5.41, 5.74) is 1.25. The fourth-order valence-electron chi connectivity index (χ4n) is 1.83. The molecule has 1 unspecified atom stereocenters. The Morgan fingerprint density at radius 2 is 1.76 bits per heavy atom. The smallest absolute Gasteiger partial charge is 0.119 e. The predicted octanol–water partition coefficient (Wildman–Crippen LogP) is 3.81. The molecule has 0 heterocycles. The monoisotopic (exact) mass is 311 g/mol. The van der Waals surface area contributed by atoms with Gasteiger partial charge < -0.3 is 9.47 Å². The van der Waals surface area contributed by atoms with Crippen LogP contribution in [0.4, 0.5) is 0 Å². The van der Waals surface area contributed by atoms with Crippen molar-refractivity contribution >= 4 is 11.8 Å². The van der Waals surface area contributed by atoms with Gasteiger partial charge >= 0.3 is 0 Å². The molecule has 1 aromatic rings. The van der Waals surface area contributed by atoms with Crippen LogP contribution in [-0.2, 0) is 4.74 Å². The maximum absolute atomic E-state index is 6.01. The molecule has 0 saturated carbocycles. The van der Waals surface area contributed by atoms with Crippen molar-refractivity contribution in [3.05, 3.63) is 29.8 Å². The van der Waals surface area contributed by atoms with Gasteiger partial charge in [0.2, 0.25) is 0 Å². The van der Waals surface area contributed by atoms with Gasteiger partial charge in [-0.3, -0.25) is 4.90 Å². The van der Waals surface area contributed by atoms with Crippen LogP contribution in [0.25, 0.3) is 0 Å². The van der Waals surface area contributed by atoms with Crippen LogP contribution in [-0.4, -0.2) is 48.9 Å². The van der Waals surface area contributed by atoms with E-state index in [1.54, 1.807) is 0 Å². The summed E-state index contributed by atoms with van der Waals surface area (Å²) in [6, 6.07) is 8.18. The largest absolute Gasteiger partial charge is 0.491 e. The van der Waals surface area contributed by atoms with Crippen molar-refractivity contribution in [3.8, 4) is 5.75 Å². The summed E-state index contributed by atoms with van der Waals surface area (Å²) in [6.07, 6.45) is 0.136. The fourth-order valence-corrected chi connectivity index (χ4v) is 2.53. The zero-order valence-electron chi connectivity index (χ0n) is 13.8. The van der Waals surface area contributed by atoms with Gasteiger partial charge in [-0.1, -0.05) is 38.5 Å². The average molecular weight is 311 g/mol. The topological polar surface area (TPSA) is 21.7 Å². The quantitative estimate of drug-likeness (QED) is 0.579. The number of aryl methyl sites for hydroxylation is 1. The molecular weight excluding hydrogens is 282 g/mol. The second kappa shape index (κ2) is 10.9. The SMILES string of the molecule is CCSCC(COc1ccc(C)cc1)OCN(CC)CC. The van der Waals surface area contributed by atoms with Gasteiger partial charge in [0.15, 0.2) is 0 Å². The molecule has 0 aliphatic carbocycles. The van der Waals surface area contributed by atoms with Crippen molar-refractivity contribution in [3.63, 3.8) is 0 Å². The van der Waals surface area contributed by atoms with Gasteiger partial charge in [0.05, 0.1) is 6.73 Å². The molecule has 0 aromatic heterocycles. The van der Waals surface area contributed by atoms with Crippen LogP contribution in [0, 0.1) is 6.92 Å². The molecule has 1 atom stereocenters. The van der Waals surface area contributed by atoms with Crippen LogP contribution in [0.15, 0.2) is 24.3 Å². The number of nitrogens with zero attached hydrogens (tertiary/aromatic N) is 1. The van der Waals surface area contributed by atoms with E-state index in [1.165, 1.54) is 5.56 Å². The van der Waals surface area contributed by atoms with E-state index in [4.69, 9.17) is 9.47 Å². The highest BCUT2D eigenvalue weighted by Crippen LogP contribution is 2.13. The molecule has 0 fully saturated rings. The molecule has 0 amide bonds. The van der Waals surface area contributed by atoms with Crippen molar-refractivity contribution in [1.29, 1.82) is 0 Å². The van der Waals surface area contributed by atoms with E-state index in [9.17, 15) is 0 Å². The Bertz CT molecular complexity index is 366. The summed E-state index contributed by atoms with van der Waals surface area (Å²) >= 11 is 1.90. The van der Waals surface area contributed by atoms with Crippen molar-refractivity contribution in [2.24, 2.45) is 0 Å². The first-order valence-electron chi connectivity index (χ1n) is 7.80. The standard InChI is InChI=1S/C17H29NO2S/c1-5-18(6-2)14-20-17(13-21-7-3)12-19-16-10-8-15(4)9-11-16/h8-11,17H,5-7,12-14H2,1-4H3. The Morgan fingerprint density at radius 1 is 1.10 bits per heavy atom. The molecule has 0 spiro atoms. The van der Waals surface area contributed by atoms with Crippen molar-refractivity contribution in [2.45, 2.75) is 33.8 Å². The number of hydrogen-bond acceptors (Lipinski definition) is 4. The molecule has 0 aliphatic rings. The van der Waals surface area contributed by atoms with Crippen LogP contribution in [0.3, 0.4) is 0 Å². The third kappa shape index (κ3) is 7.74. The van der Waals surface area contributed by atoms with Crippen LogP contribution in [0.1, 0.15) is 26.3 Å². The molecule has 0 N–H and O–H groups in total. The fraction of sp³-hybridized carbons (Fsp3) is 0.647. The van der Waals surface area contributed by atoms with E-state index in [0.29, 0.717) is 13.3 Å². The normalized spacial score (nSPS) is 12.6. The zero-order chi connectivity index (χ0) is 15.5. The maximum Gasteiger partial charge on any atom is 0.119 e. The Hall–Kier alpha value is -0.710. The van der Waals surface area contributed by atoms with Gasteiger partial charge in [-0.25, -0.2) is 0 Å². The molecule has 0 aliphatic heterocycles. The minimum atomic E-state index is 0.136. The Balaban J connectivity index is 2.42. The minimum Gasteiger partial charge on any atom is -0.491 e. The molecule has 120 valence electrons. The lowest BCUT2D eigenvalue weighted by Gasteiger charge is -2.23. The molecule has 0 bridgehead atoms. The number of benzene rings is 1. The number of ether oxygens (including phenoxy) is 2. The van der Waals surface area contributed by atoms with Gasteiger partial charge in [0, 0.05) is 5.75 Å². The maximum atomic E-state index is 6.01. The average Bonchev–Trinajstić information content (AvgIpc) is 2.51. The third-order valence-electron chi connectivity index (χ3n) is 3.35. The summed E-state index contributed by atoms with van der Waals surface area (Å²) in [6.45, 7) is 11.9.